The molecule has 5 heteroatoms. The van der Waals surface area contributed by atoms with Gasteiger partial charge in [-0.25, -0.2) is 10.2 Å². The van der Waals surface area contributed by atoms with Gasteiger partial charge in [0, 0.05) is 31.2 Å². The lowest BCUT2D eigenvalue weighted by Gasteiger charge is -2.27. The molecule has 1 fully saturated rings. The number of hydrogen-bond acceptors (Lipinski definition) is 3. The van der Waals surface area contributed by atoms with Gasteiger partial charge < -0.3 is 5.32 Å². The number of urea groups is 1. The standard InChI is InChI=1S/C10H14N4O/c15-10(14-8-2-1-5-12-14)13-9-3-6-11-7-4-9/h3-4,6-7,12H,1-2,5,8H2,(H,11,13,15). The topological polar surface area (TPSA) is 57.3 Å². The van der Waals surface area contributed by atoms with Gasteiger partial charge in [0.25, 0.3) is 0 Å². The zero-order valence-electron chi connectivity index (χ0n) is 8.44. The molecule has 0 spiro atoms. The highest BCUT2D eigenvalue weighted by molar-refractivity contribution is 5.88. The predicted molar refractivity (Wildman–Crippen MR) is 57.2 cm³/mol. The molecule has 15 heavy (non-hydrogen) atoms. The van der Waals surface area contributed by atoms with Crippen LogP contribution in [0.3, 0.4) is 0 Å². The molecule has 2 N–H and O–H groups in total. The van der Waals surface area contributed by atoms with E-state index in [1.54, 1.807) is 29.5 Å². The second-order valence-electron chi connectivity index (χ2n) is 3.43. The SMILES string of the molecule is O=C(Nc1ccncc1)N1CCCCN1. The number of pyridine rings is 1. The molecular weight excluding hydrogens is 192 g/mol. The average molecular weight is 206 g/mol. The van der Waals surface area contributed by atoms with E-state index >= 15 is 0 Å². The summed E-state index contributed by atoms with van der Waals surface area (Å²) in [7, 11) is 0. The van der Waals surface area contributed by atoms with Crippen LogP contribution in [0.25, 0.3) is 0 Å². The second kappa shape index (κ2) is 4.75. The minimum Gasteiger partial charge on any atom is -0.307 e. The van der Waals surface area contributed by atoms with Crippen LogP contribution in [0.4, 0.5) is 10.5 Å². The van der Waals surface area contributed by atoms with E-state index in [0.717, 1.165) is 31.6 Å². The zero-order chi connectivity index (χ0) is 10.5. The third-order valence-electron chi connectivity index (χ3n) is 2.29. The predicted octanol–water partition coefficient (Wildman–Crippen LogP) is 1.21. The minimum absolute atomic E-state index is 0.110. The minimum atomic E-state index is -0.110. The van der Waals surface area contributed by atoms with E-state index in [1.165, 1.54) is 0 Å². The summed E-state index contributed by atoms with van der Waals surface area (Å²) in [5, 5.41) is 4.41. The Labute approximate surface area is 88.5 Å². The average Bonchev–Trinajstić information content (AvgIpc) is 2.31. The number of nitrogens with one attached hydrogen (secondary N) is 2. The zero-order valence-corrected chi connectivity index (χ0v) is 8.44. The van der Waals surface area contributed by atoms with Crippen LogP contribution in [-0.4, -0.2) is 29.1 Å². The Bertz CT molecular complexity index is 321. The van der Waals surface area contributed by atoms with Crippen molar-refractivity contribution < 1.29 is 4.79 Å². The number of carbonyl (C=O) groups is 1. The van der Waals surface area contributed by atoms with Crippen LogP contribution in [0.15, 0.2) is 24.5 Å². The van der Waals surface area contributed by atoms with Crippen LogP contribution < -0.4 is 10.7 Å². The summed E-state index contributed by atoms with van der Waals surface area (Å²) in [6, 6.07) is 3.42. The molecule has 2 heterocycles. The summed E-state index contributed by atoms with van der Waals surface area (Å²) < 4.78 is 0. The van der Waals surface area contributed by atoms with Crippen molar-refractivity contribution in [1.82, 2.24) is 15.4 Å². The lowest BCUT2D eigenvalue weighted by Crippen LogP contribution is -2.48. The maximum Gasteiger partial charge on any atom is 0.336 e. The van der Waals surface area contributed by atoms with Crippen molar-refractivity contribution in [2.45, 2.75) is 12.8 Å². The first kappa shape index (κ1) is 9.92. The van der Waals surface area contributed by atoms with Crippen LogP contribution >= 0.6 is 0 Å². The Kier molecular flexibility index (Phi) is 3.14. The van der Waals surface area contributed by atoms with E-state index in [-0.39, 0.29) is 6.03 Å². The molecule has 80 valence electrons. The number of hydrazine groups is 1. The molecule has 0 atom stereocenters. The molecule has 2 rings (SSSR count). The fourth-order valence-electron chi connectivity index (χ4n) is 1.49. The molecule has 0 bridgehead atoms. The number of rotatable bonds is 1. The van der Waals surface area contributed by atoms with Crippen LogP contribution in [0.5, 0.6) is 0 Å². The van der Waals surface area contributed by atoms with Gasteiger partial charge in [0.2, 0.25) is 0 Å². The first-order valence-corrected chi connectivity index (χ1v) is 5.08. The molecule has 1 aliphatic heterocycles. The Morgan fingerprint density at radius 3 is 2.87 bits per heavy atom. The van der Waals surface area contributed by atoms with Crippen molar-refractivity contribution in [2.75, 3.05) is 18.4 Å². The van der Waals surface area contributed by atoms with Gasteiger partial charge in [0.1, 0.15) is 0 Å². The second-order valence-corrected chi connectivity index (χ2v) is 3.43. The summed E-state index contributed by atoms with van der Waals surface area (Å²) >= 11 is 0. The van der Waals surface area contributed by atoms with Gasteiger partial charge in [-0.05, 0) is 25.0 Å². The largest absolute Gasteiger partial charge is 0.336 e. The van der Waals surface area contributed by atoms with Crippen LogP contribution in [0, 0.1) is 0 Å². The maximum atomic E-state index is 11.7. The molecule has 0 saturated carbocycles. The number of anilines is 1. The number of nitrogens with zero attached hydrogens (tertiary/aromatic N) is 2. The van der Waals surface area contributed by atoms with Crippen LogP contribution in [0.1, 0.15) is 12.8 Å². The van der Waals surface area contributed by atoms with E-state index in [0.29, 0.717) is 0 Å². The number of aromatic nitrogens is 1. The Morgan fingerprint density at radius 2 is 2.20 bits per heavy atom. The van der Waals surface area contributed by atoms with E-state index in [1.807, 2.05) is 0 Å². The first-order valence-electron chi connectivity index (χ1n) is 5.08. The number of amides is 2. The highest BCUT2D eigenvalue weighted by Crippen LogP contribution is 2.06. The first-order chi connectivity index (χ1) is 7.36. The molecule has 0 unspecified atom stereocenters. The Morgan fingerprint density at radius 1 is 1.40 bits per heavy atom. The normalized spacial score (nSPS) is 16.1. The van der Waals surface area contributed by atoms with Crippen molar-refractivity contribution in [3.63, 3.8) is 0 Å². The summed E-state index contributed by atoms with van der Waals surface area (Å²) in [6.45, 7) is 1.63. The maximum absolute atomic E-state index is 11.7. The van der Waals surface area contributed by atoms with Crippen molar-refractivity contribution in [2.24, 2.45) is 0 Å². The van der Waals surface area contributed by atoms with Crippen molar-refractivity contribution in [1.29, 1.82) is 0 Å². The van der Waals surface area contributed by atoms with E-state index in [9.17, 15) is 4.79 Å². The van der Waals surface area contributed by atoms with Crippen LogP contribution in [-0.2, 0) is 0 Å². The van der Waals surface area contributed by atoms with Crippen molar-refractivity contribution in [3.05, 3.63) is 24.5 Å². The summed E-state index contributed by atoms with van der Waals surface area (Å²) in [6.07, 6.45) is 5.48. The molecular formula is C10H14N4O. The summed E-state index contributed by atoms with van der Waals surface area (Å²) in [4.78, 5) is 15.6. The third kappa shape index (κ3) is 2.66. The van der Waals surface area contributed by atoms with Gasteiger partial charge >= 0.3 is 6.03 Å². The fourth-order valence-corrected chi connectivity index (χ4v) is 1.49. The van der Waals surface area contributed by atoms with Gasteiger partial charge in [-0.2, -0.15) is 0 Å². The molecule has 1 saturated heterocycles. The summed E-state index contributed by atoms with van der Waals surface area (Å²) in [5.41, 5.74) is 3.81. The lowest BCUT2D eigenvalue weighted by molar-refractivity contribution is 0.166. The van der Waals surface area contributed by atoms with Crippen molar-refractivity contribution >= 4 is 11.7 Å². The van der Waals surface area contributed by atoms with Gasteiger partial charge in [0.15, 0.2) is 0 Å². The lowest BCUT2D eigenvalue weighted by atomic mass is 10.3. The van der Waals surface area contributed by atoms with E-state index < -0.39 is 0 Å². The number of carbonyl (C=O) groups excluding carboxylic acids is 1. The number of hydrogen-bond donors (Lipinski definition) is 2. The molecule has 1 aromatic heterocycles. The van der Waals surface area contributed by atoms with Crippen molar-refractivity contribution in [3.8, 4) is 0 Å². The van der Waals surface area contributed by atoms with Gasteiger partial charge in [-0.15, -0.1) is 0 Å². The molecule has 1 aliphatic rings. The highest BCUT2D eigenvalue weighted by atomic mass is 16.2. The molecule has 0 aromatic carbocycles. The monoisotopic (exact) mass is 206 g/mol. The molecule has 0 aliphatic carbocycles. The summed E-state index contributed by atoms with van der Waals surface area (Å²) in [5.74, 6) is 0. The molecule has 5 nitrogen and oxygen atoms in total. The van der Waals surface area contributed by atoms with Gasteiger partial charge in [0.05, 0.1) is 0 Å². The van der Waals surface area contributed by atoms with Gasteiger partial charge in [-0.1, -0.05) is 0 Å². The molecule has 2 amide bonds. The molecule has 0 radical (unpaired) electrons. The quantitative estimate of drug-likeness (QED) is 0.726. The smallest absolute Gasteiger partial charge is 0.307 e. The third-order valence-corrected chi connectivity index (χ3v) is 2.29. The van der Waals surface area contributed by atoms with Crippen LogP contribution in [0.2, 0.25) is 0 Å². The van der Waals surface area contributed by atoms with E-state index in [4.69, 9.17) is 0 Å². The van der Waals surface area contributed by atoms with Gasteiger partial charge in [-0.3, -0.25) is 9.99 Å². The highest BCUT2D eigenvalue weighted by Gasteiger charge is 2.15. The Hall–Kier alpha value is -1.62. The fraction of sp³-hybridized carbons (Fsp3) is 0.400. The van der Waals surface area contributed by atoms with E-state index in [2.05, 4.69) is 15.7 Å². The Balaban J connectivity index is 1.91. The molecule has 1 aromatic rings.